The zero-order valence-corrected chi connectivity index (χ0v) is 17.2. The van der Waals surface area contributed by atoms with E-state index in [9.17, 15) is 4.79 Å². The average molecular weight is 406 g/mol. The molecule has 2 N–H and O–H groups in total. The van der Waals surface area contributed by atoms with Gasteiger partial charge in [0.05, 0.1) is 19.7 Å². The molecule has 7 heteroatoms. The third-order valence-corrected chi connectivity index (χ3v) is 5.58. The summed E-state index contributed by atoms with van der Waals surface area (Å²) in [6.45, 7) is 0. The highest BCUT2D eigenvalue weighted by Crippen LogP contribution is 2.34. The standard InChI is InChI=1S/C23H26N4O3/c1-29-20-12-16-19(13-21(20)30-2)24-14-25-22(16)26-17-10-6-7-11-18(17)27-23(28)15-8-4-3-5-9-15/h3-5,8-9,12-14,17-18H,6-7,10-11H2,1-2H3,(H,27,28)(H,24,25,26)/t17-,18-/m0/s1. The highest BCUT2D eigenvalue weighted by atomic mass is 16.5. The number of fused-ring (bicyclic) bond motifs is 1. The smallest absolute Gasteiger partial charge is 0.251 e. The highest BCUT2D eigenvalue weighted by Gasteiger charge is 2.27. The van der Waals surface area contributed by atoms with E-state index in [-0.39, 0.29) is 18.0 Å². The number of amides is 1. The van der Waals surface area contributed by atoms with Gasteiger partial charge in [-0.2, -0.15) is 0 Å². The Hall–Kier alpha value is -3.35. The molecule has 0 saturated heterocycles. The molecule has 156 valence electrons. The summed E-state index contributed by atoms with van der Waals surface area (Å²) >= 11 is 0. The lowest BCUT2D eigenvalue weighted by molar-refractivity contribution is 0.0923. The summed E-state index contributed by atoms with van der Waals surface area (Å²) in [4.78, 5) is 21.5. The predicted molar refractivity (Wildman–Crippen MR) is 116 cm³/mol. The van der Waals surface area contributed by atoms with Crippen LogP contribution >= 0.6 is 0 Å². The van der Waals surface area contributed by atoms with Crippen LogP contribution in [0.25, 0.3) is 10.9 Å². The number of hydrogen-bond donors (Lipinski definition) is 2. The van der Waals surface area contributed by atoms with Gasteiger partial charge in [0, 0.05) is 29.1 Å². The van der Waals surface area contributed by atoms with Gasteiger partial charge in [-0.15, -0.1) is 0 Å². The van der Waals surface area contributed by atoms with Crippen LogP contribution in [0.3, 0.4) is 0 Å². The number of aromatic nitrogens is 2. The van der Waals surface area contributed by atoms with Gasteiger partial charge in [-0.05, 0) is 31.0 Å². The number of benzene rings is 2. The SMILES string of the molecule is COc1cc2ncnc(N[C@H]3CCCC[C@@H]3NC(=O)c3ccccc3)c2cc1OC. The maximum atomic E-state index is 12.7. The first-order valence-corrected chi connectivity index (χ1v) is 10.2. The summed E-state index contributed by atoms with van der Waals surface area (Å²) in [5.41, 5.74) is 1.44. The molecule has 1 amide bonds. The normalized spacial score (nSPS) is 18.6. The van der Waals surface area contributed by atoms with Crippen LogP contribution in [0.15, 0.2) is 48.8 Å². The molecule has 4 rings (SSSR count). The number of carbonyl (C=O) groups excluding carboxylic acids is 1. The first-order chi connectivity index (χ1) is 14.7. The summed E-state index contributed by atoms with van der Waals surface area (Å²) in [6, 6.07) is 13.2. The van der Waals surface area contributed by atoms with Crippen molar-refractivity contribution in [2.45, 2.75) is 37.8 Å². The van der Waals surface area contributed by atoms with E-state index in [4.69, 9.17) is 9.47 Å². The third kappa shape index (κ3) is 4.15. The molecule has 2 aromatic carbocycles. The van der Waals surface area contributed by atoms with E-state index in [2.05, 4.69) is 20.6 Å². The molecular weight excluding hydrogens is 380 g/mol. The molecule has 1 saturated carbocycles. The van der Waals surface area contributed by atoms with Crippen LogP contribution in [0.2, 0.25) is 0 Å². The lowest BCUT2D eigenvalue weighted by atomic mass is 9.90. The van der Waals surface area contributed by atoms with Crippen molar-refractivity contribution in [3.63, 3.8) is 0 Å². The zero-order chi connectivity index (χ0) is 20.9. The summed E-state index contributed by atoms with van der Waals surface area (Å²) in [6.07, 6.45) is 5.62. The maximum absolute atomic E-state index is 12.7. The topological polar surface area (TPSA) is 85.4 Å². The molecule has 1 aromatic heterocycles. The Bertz CT molecular complexity index is 1030. The monoisotopic (exact) mass is 406 g/mol. The molecule has 3 aromatic rings. The Labute approximate surface area is 175 Å². The van der Waals surface area contributed by atoms with E-state index in [0.29, 0.717) is 17.1 Å². The minimum atomic E-state index is -0.0479. The first kappa shape index (κ1) is 19.9. The molecule has 0 radical (unpaired) electrons. The van der Waals surface area contributed by atoms with Crippen LogP contribution in [-0.4, -0.2) is 42.2 Å². The van der Waals surface area contributed by atoms with Crippen molar-refractivity contribution in [2.24, 2.45) is 0 Å². The second kappa shape index (κ2) is 8.98. The minimum Gasteiger partial charge on any atom is -0.493 e. The van der Waals surface area contributed by atoms with Crippen LogP contribution in [-0.2, 0) is 0 Å². The number of methoxy groups -OCH3 is 2. The van der Waals surface area contributed by atoms with E-state index in [1.54, 1.807) is 14.2 Å². The molecule has 1 aliphatic rings. The van der Waals surface area contributed by atoms with Crippen LogP contribution < -0.4 is 20.1 Å². The number of nitrogens with zero attached hydrogens (tertiary/aromatic N) is 2. The van der Waals surface area contributed by atoms with Gasteiger partial charge in [-0.3, -0.25) is 4.79 Å². The van der Waals surface area contributed by atoms with Crippen LogP contribution in [0.4, 0.5) is 5.82 Å². The van der Waals surface area contributed by atoms with Crippen molar-refractivity contribution < 1.29 is 14.3 Å². The van der Waals surface area contributed by atoms with Crippen molar-refractivity contribution in [1.29, 1.82) is 0 Å². The molecule has 1 aliphatic carbocycles. The Morgan fingerprint density at radius 2 is 1.67 bits per heavy atom. The second-order valence-electron chi connectivity index (χ2n) is 7.43. The lowest BCUT2D eigenvalue weighted by Gasteiger charge is -2.33. The molecule has 0 unspecified atom stereocenters. The molecule has 0 spiro atoms. The van der Waals surface area contributed by atoms with Crippen molar-refractivity contribution in [3.8, 4) is 11.5 Å². The lowest BCUT2D eigenvalue weighted by Crippen LogP contribution is -2.48. The van der Waals surface area contributed by atoms with Crippen LogP contribution in [0.5, 0.6) is 11.5 Å². The zero-order valence-electron chi connectivity index (χ0n) is 17.2. The number of anilines is 1. The maximum Gasteiger partial charge on any atom is 0.251 e. The number of nitrogens with one attached hydrogen (secondary N) is 2. The largest absolute Gasteiger partial charge is 0.493 e. The molecule has 0 bridgehead atoms. The van der Waals surface area contributed by atoms with Crippen LogP contribution in [0, 0.1) is 0 Å². The van der Waals surface area contributed by atoms with Crippen molar-refractivity contribution in [1.82, 2.24) is 15.3 Å². The van der Waals surface area contributed by atoms with E-state index in [1.807, 2.05) is 42.5 Å². The van der Waals surface area contributed by atoms with Crippen LogP contribution in [0.1, 0.15) is 36.0 Å². The van der Waals surface area contributed by atoms with Gasteiger partial charge in [0.1, 0.15) is 12.1 Å². The third-order valence-electron chi connectivity index (χ3n) is 5.58. The summed E-state index contributed by atoms with van der Waals surface area (Å²) in [5, 5.41) is 7.62. The fourth-order valence-corrected chi connectivity index (χ4v) is 3.99. The van der Waals surface area contributed by atoms with Crippen molar-refractivity contribution in [2.75, 3.05) is 19.5 Å². The van der Waals surface area contributed by atoms with Gasteiger partial charge in [-0.1, -0.05) is 31.0 Å². The molecular formula is C23H26N4O3. The fourth-order valence-electron chi connectivity index (χ4n) is 3.99. The minimum absolute atomic E-state index is 0.0246. The van der Waals surface area contributed by atoms with Gasteiger partial charge in [-0.25, -0.2) is 9.97 Å². The molecule has 0 aliphatic heterocycles. The van der Waals surface area contributed by atoms with E-state index in [1.165, 1.54) is 6.33 Å². The Kier molecular flexibility index (Phi) is 5.97. The second-order valence-corrected chi connectivity index (χ2v) is 7.43. The fraction of sp³-hybridized carbons (Fsp3) is 0.348. The predicted octanol–water partition coefficient (Wildman–Crippen LogP) is 3.80. The quantitative estimate of drug-likeness (QED) is 0.648. The molecule has 1 fully saturated rings. The number of carbonyl (C=O) groups is 1. The van der Waals surface area contributed by atoms with Crippen molar-refractivity contribution in [3.05, 3.63) is 54.4 Å². The number of hydrogen-bond acceptors (Lipinski definition) is 6. The first-order valence-electron chi connectivity index (χ1n) is 10.2. The molecule has 2 atom stereocenters. The van der Waals surface area contributed by atoms with E-state index in [0.717, 1.165) is 42.4 Å². The Balaban J connectivity index is 1.58. The average Bonchev–Trinajstić information content (AvgIpc) is 2.80. The molecule has 30 heavy (non-hydrogen) atoms. The van der Waals surface area contributed by atoms with Gasteiger partial charge in [0.25, 0.3) is 5.91 Å². The van der Waals surface area contributed by atoms with Gasteiger partial charge in [0.15, 0.2) is 11.5 Å². The molecule has 1 heterocycles. The summed E-state index contributed by atoms with van der Waals surface area (Å²) < 4.78 is 10.8. The molecule has 7 nitrogen and oxygen atoms in total. The van der Waals surface area contributed by atoms with Gasteiger partial charge < -0.3 is 20.1 Å². The Morgan fingerprint density at radius 3 is 2.40 bits per heavy atom. The van der Waals surface area contributed by atoms with Crippen molar-refractivity contribution >= 4 is 22.6 Å². The van der Waals surface area contributed by atoms with Gasteiger partial charge >= 0.3 is 0 Å². The highest BCUT2D eigenvalue weighted by molar-refractivity contribution is 5.94. The van der Waals surface area contributed by atoms with Gasteiger partial charge in [0.2, 0.25) is 0 Å². The van der Waals surface area contributed by atoms with E-state index < -0.39 is 0 Å². The number of rotatable bonds is 6. The Morgan fingerprint density at radius 1 is 0.967 bits per heavy atom. The number of ether oxygens (including phenoxy) is 2. The van der Waals surface area contributed by atoms with E-state index >= 15 is 0 Å². The summed E-state index contributed by atoms with van der Waals surface area (Å²) in [5.74, 6) is 1.93. The summed E-state index contributed by atoms with van der Waals surface area (Å²) in [7, 11) is 3.21.